The standard InChI is InChI=1S/C20H34O4.H4O5P2/c1-14-8-15(18(2,3)4)17(16(9-14)19(5,6)7)24-13-20(10-21,11-22)12-23;1-6(2)5-7(3)4/h8-9,21-23H,10-13H2,1-7H3;1-4H. The van der Waals surface area contributed by atoms with Crippen LogP contribution >= 0.6 is 17.2 Å². The van der Waals surface area contributed by atoms with E-state index < -0.39 is 22.6 Å². The van der Waals surface area contributed by atoms with Crippen molar-refractivity contribution in [1.29, 1.82) is 0 Å². The summed E-state index contributed by atoms with van der Waals surface area (Å²) in [5, 5.41) is 28.7. The Morgan fingerprint density at radius 1 is 0.742 bits per heavy atom. The van der Waals surface area contributed by atoms with Crippen LogP contribution in [0.1, 0.15) is 58.2 Å². The zero-order chi connectivity index (χ0) is 24.6. The fourth-order valence-corrected chi connectivity index (χ4v) is 3.14. The molecule has 7 N–H and O–H groups in total. The van der Waals surface area contributed by atoms with Gasteiger partial charge in [-0.15, -0.1) is 0 Å². The molecule has 0 radical (unpaired) electrons. The lowest BCUT2D eigenvalue weighted by Crippen LogP contribution is -2.40. The highest BCUT2D eigenvalue weighted by molar-refractivity contribution is 7.53. The highest BCUT2D eigenvalue weighted by atomic mass is 31.2. The number of ether oxygens (including phenoxy) is 1. The number of hydrogen-bond donors (Lipinski definition) is 7. The van der Waals surface area contributed by atoms with Crippen LogP contribution in [0.25, 0.3) is 0 Å². The molecule has 0 amide bonds. The highest BCUT2D eigenvalue weighted by Gasteiger charge is 2.32. The Bertz CT molecular complexity index is 614. The predicted octanol–water partition coefficient (Wildman–Crippen LogP) is 2.36. The molecule has 1 aromatic carbocycles. The van der Waals surface area contributed by atoms with Crippen LogP contribution in [0.15, 0.2) is 12.1 Å². The van der Waals surface area contributed by atoms with Crippen molar-refractivity contribution in [3.8, 4) is 5.75 Å². The molecule has 0 aliphatic rings. The molecule has 0 spiro atoms. The maximum absolute atomic E-state index is 9.56. The molecule has 9 nitrogen and oxygen atoms in total. The van der Waals surface area contributed by atoms with Crippen molar-refractivity contribution < 1.29 is 43.9 Å². The van der Waals surface area contributed by atoms with E-state index in [-0.39, 0.29) is 37.3 Å². The lowest BCUT2D eigenvalue weighted by molar-refractivity contribution is -0.0265. The molecule has 0 saturated heterocycles. The van der Waals surface area contributed by atoms with Gasteiger partial charge in [-0.3, -0.25) is 0 Å². The number of aliphatic hydroxyl groups is 3. The van der Waals surface area contributed by atoms with Crippen molar-refractivity contribution in [2.45, 2.75) is 59.3 Å². The van der Waals surface area contributed by atoms with E-state index >= 15 is 0 Å². The molecule has 0 aliphatic carbocycles. The Labute approximate surface area is 187 Å². The summed E-state index contributed by atoms with van der Waals surface area (Å²) in [6.45, 7) is 14.0. The summed E-state index contributed by atoms with van der Waals surface area (Å²) in [5.74, 6) is 0.792. The Morgan fingerprint density at radius 2 is 1.10 bits per heavy atom. The van der Waals surface area contributed by atoms with Gasteiger partial charge in [0.25, 0.3) is 0 Å². The van der Waals surface area contributed by atoms with Gasteiger partial charge in [-0.25, -0.2) is 4.31 Å². The van der Waals surface area contributed by atoms with E-state index in [9.17, 15) is 15.3 Å². The SMILES string of the molecule is Cc1cc(C(C)(C)C)c(OCC(CO)(CO)CO)c(C(C)(C)C)c1.OP(O)OP(O)O. The van der Waals surface area contributed by atoms with Crippen LogP contribution in [-0.4, -0.2) is 61.3 Å². The average molecular weight is 484 g/mol. The Hall–Kier alpha value is -0.440. The maximum atomic E-state index is 9.56. The second-order valence-electron chi connectivity index (χ2n) is 9.54. The lowest BCUT2D eigenvalue weighted by Gasteiger charge is -2.33. The second kappa shape index (κ2) is 12.7. The van der Waals surface area contributed by atoms with Crippen molar-refractivity contribution in [2.75, 3.05) is 26.4 Å². The van der Waals surface area contributed by atoms with E-state index in [1.54, 1.807) is 0 Å². The van der Waals surface area contributed by atoms with Crippen molar-refractivity contribution in [3.05, 3.63) is 28.8 Å². The zero-order valence-electron chi connectivity index (χ0n) is 19.3. The first-order chi connectivity index (χ1) is 14.0. The summed E-state index contributed by atoms with van der Waals surface area (Å²) < 4.78 is 9.74. The minimum atomic E-state index is -2.61. The fourth-order valence-electron chi connectivity index (χ4n) is 2.62. The van der Waals surface area contributed by atoms with Crippen LogP contribution < -0.4 is 4.74 Å². The highest BCUT2D eigenvalue weighted by Crippen LogP contribution is 2.42. The van der Waals surface area contributed by atoms with Crippen molar-refractivity contribution in [2.24, 2.45) is 5.41 Å². The first-order valence-electron chi connectivity index (χ1n) is 9.68. The molecule has 0 unspecified atom stereocenters. The molecule has 0 bridgehead atoms. The van der Waals surface area contributed by atoms with Gasteiger partial charge in [0.05, 0.1) is 25.2 Å². The minimum absolute atomic E-state index is 0.0612. The first kappa shape index (κ1) is 30.6. The van der Waals surface area contributed by atoms with Gasteiger partial charge in [-0.1, -0.05) is 59.2 Å². The van der Waals surface area contributed by atoms with Crippen LogP contribution in [0.3, 0.4) is 0 Å². The third-order valence-electron chi connectivity index (χ3n) is 4.52. The third-order valence-corrected chi connectivity index (χ3v) is 5.69. The van der Waals surface area contributed by atoms with E-state index in [1.165, 1.54) is 5.56 Å². The van der Waals surface area contributed by atoms with Crippen LogP contribution in [0.5, 0.6) is 5.75 Å². The van der Waals surface area contributed by atoms with Gasteiger partial charge in [0.15, 0.2) is 0 Å². The Kier molecular flexibility index (Phi) is 12.5. The van der Waals surface area contributed by atoms with E-state index in [0.717, 1.165) is 16.9 Å². The maximum Gasteiger partial charge on any atom is 0.334 e. The molecule has 31 heavy (non-hydrogen) atoms. The zero-order valence-corrected chi connectivity index (χ0v) is 21.1. The first-order valence-corrected chi connectivity index (χ1v) is 12.0. The quantitative estimate of drug-likeness (QED) is 0.275. The topological polar surface area (TPSA) is 160 Å². The van der Waals surface area contributed by atoms with Crippen molar-refractivity contribution in [3.63, 3.8) is 0 Å². The molecule has 0 atom stereocenters. The number of benzene rings is 1. The molecule has 0 saturated carbocycles. The van der Waals surface area contributed by atoms with Gasteiger partial charge in [0.2, 0.25) is 0 Å². The number of aliphatic hydroxyl groups excluding tert-OH is 3. The fraction of sp³-hybridized carbons (Fsp3) is 0.700. The van der Waals surface area contributed by atoms with Crippen molar-refractivity contribution >= 4 is 17.2 Å². The Morgan fingerprint density at radius 3 is 1.32 bits per heavy atom. The predicted molar refractivity (Wildman–Crippen MR) is 122 cm³/mol. The third kappa shape index (κ3) is 10.4. The number of aryl methyl sites for hydroxylation is 1. The van der Waals surface area contributed by atoms with Gasteiger partial charge in [-0.2, -0.15) is 0 Å². The Balaban J connectivity index is 0.00000110. The molecule has 0 aromatic heterocycles. The summed E-state index contributed by atoms with van der Waals surface area (Å²) in [6, 6.07) is 4.26. The van der Waals surface area contributed by atoms with E-state index in [2.05, 4.69) is 64.9 Å². The molecule has 0 aliphatic heterocycles. The van der Waals surface area contributed by atoms with E-state index in [1.807, 2.05) is 0 Å². The van der Waals surface area contributed by atoms with E-state index in [4.69, 9.17) is 24.3 Å². The molecule has 1 rings (SSSR count). The number of hydrogen-bond acceptors (Lipinski definition) is 9. The second-order valence-corrected chi connectivity index (χ2v) is 11.2. The normalized spacial score (nSPS) is 12.8. The summed E-state index contributed by atoms with van der Waals surface area (Å²) in [6.07, 6.45) is 0. The van der Waals surface area contributed by atoms with Crippen molar-refractivity contribution in [1.82, 2.24) is 0 Å². The summed E-state index contributed by atoms with van der Waals surface area (Å²) in [5.41, 5.74) is 2.10. The van der Waals surface area contributed by atoms with Gasteiger partial charge in [0.1, 0.15) is 12.4 Å². The summed E-state index contributed by atoms with van der Waals surface area (Å²) >= 11 is 0. The largest absolute Gasteiger partial charge is 0.492 e. The molecule has 1 aromatic rings. The molecular weight excluding hydrogens is 446 g/mol. The van der Waals surface area contributed by atoms with Crippen LogP contribution in [0.2, 0.25) is 0 Å². The lowest BCUT2D eigenvalue weighted by atomic mass is 9.78. The summed E-state index contributed by atoms with van der Waals surface area (Å²) in [7, 11) is -5.22. The summed E-state index contributed by atoms with van der Waals surface area (Å²) in [4.78, 5) is 31.3. The van der Waals surface area contributed by atoms with Gasteiger partial charge < -0.3 is 39.6 Å². The van der Waals surface area contributed by atoms with Gasteiger partial charge >= 0.3 is 17.2 Å². The number of rotatable bonds is 8. The smallest absolute Gasteiger partial charge is 0.334 e. The molecule has 11 heteroatoms. The van der Waals surface area contributed by atoms with E-state index in [0.29, 0.717) is 0 Å². The van der Waals surface area contributed by atoms with Crippen LogP contribution in [-0.2, 0) is 15.1 Å². The van der Waals surface area contributed by atoms with Crippen LogP contribution in [0, 0.1) is 12.3 Å². The average Bonchev–Trinajstić information content (AvgIpc) is 2.61. The van der Waals surface area contributed by atoms with Gasteiger partial charge in [0, 0.05) is 11.1 Å². The monoisotopic (exact) mass is 484 g/mol. The minimum Gasteiger partial charge on any atom is -0.492 e. The molecule has 0 heterocycles. The van der Waals surface area contributed by atoms with Gasteiger partial charge in [-0.05, 0) is 17.8 Å². The molecule has 182 valence electrons. The molecule has 0 fully saturated rings. The molecular formula is C20H38O9P2. The van der Waals surface area contributed by atoms with Crippen LogP contribution in [0.4, 0.5) is 0 Å².